The van der Waals surface area contributed by atoms with Crippen molar-refractivity contribution >= 4 is 11.6 Å². The fraction of sp³-hybridized carbons (Fsp3) is 0.939. The molecule has 3 nitrogen and oxygen atoms in total. The summed E-state index contributed by atoms with van der Waals surface area (Å²) >= 11 is 0. The number of amides is 1. The molecule has 1 atom stereocenters. The fourth-order valence-corrected chi connectivity index (χ4v) is 5.06. The van der Waals surface area contributed by atoms with E-state index in [4.69, 9.17) is 0 Å². The molecule has 0 heterocycles. The largest absolute Gasteiger partial charge is 0.273 e. The lowest BCUT2D eigenvalue weighted by atomic mass is 9.75. The van der Waals surface area contributed by atoms with E-state index in [1.807, 2.05) is 0 Å². The van der Waals surface area contributed by atoms with E-state index in [9.17, 15) is 4.79 Å². The second kappa shape index (κ2) is 24.5. The van der Waals surface area contributed by atoms with E-state index < -0.39 is 0 Å². The molecule has 0 radical (unpaired) electrons. The zero-order chi connectivity index (χ0) is 26.9. The number of rotatable bonds is 25. The molecule has 214 valence electrons. The van der Waals surface area contributed by atoms with Gasteiger partial charge in [-0.3, -0.25) is 4.79 Å². The summed E-state index contributed by atoms with van der Waals surface area (Å²) in [5.41, 5.74) is 4.35. The van der Waals surface area contributed by atoms with Gasteiger partial charge in [-0.25, -0.2) is 5.43 Å². The lowest BCUT2D eigenvalue weighted by Crippen LogP contribution is -2.29. The van der Waals surface area contributed by atoms with Crippen LogP contribution in [0.3, 0.4) is 0 Å². The van der Waals surface area contributed by atoms with Crippen molar-refractivity contribution in [3.05, 3.63) is 0 Å². The van der Waals surface area contributed by atoms with Crippen LogP contribution >= 0.6 is 0 Å². The Kier molecular flexibility index (Phi) is 23.9. The second-order valence-corrected chi connectivity index (χ2v) is 12.4. The lowest BCUT2D eigenvalue weighted by molar-refractivity contribution is -0.123. The predicted octanol–water partition coefficient (Wildman–Crippen LogP) is 11.2. The quantitative estimate of drug-likeness (QED) is 0.0746. The van der Waals surface area contributed by atoms with Gasteiger partial charge in [0.1, 0.15) is 0 Å². The van der Waals surface area contributed by atoms with Crippen molar-refractivity contribution < 1.29 is 4.79 Å². The van der Waals surface area contributed by atoms with Crippen LogP contribution in [0.1, 0.15) is 189 Å². The zero-order valence-electron chi connectivity index (χ0n) is 25.7. The topological polar surface area (TPSA) is 41.5 Å². The average Bonchev–Trinajstić information content (AvgIpc) is 2.84. The fourth-order valence-electron chi connectivity index (χ4n) is 5.06. The summed E-state index contributed by atoms with van der Waals surface area (Å²) in [6, 6.07) is 0. The van der Waals surface area contributed by atoms with Gasteiger partial charge in [0.05, 0.1) is 0 Å². The van der Waals surface area contributed by atoms with Crippen LogP contribution in [0.25, 0.3) is 0 Å². The van der Waals surface area contributed by atoms with Gasteiger partial charge < -0.3 is 0 Å². The van der Waals surface area contributed by atoms with Gasteiger partial charge in [0, 0.05) is 12.1 Å². The molecule has 3 heteroatoms. The molecule has 0 bridgehead atoms. The maximum Gasteiger partial charge on any atom is 0.240 e. The van der Waals surface area contributed by atoms with Gasteiger partial charge in [-0.15, -0.1) is 0 Å². The Hall–Kier alpha value is -0.860. The molecule has 1 amide bonds. The summed E-state index contributed by atoms with van der Waals surface area (Å²) in [7, 11) is 0. The van der Waals surface area contributed by atoms with Gasteiger partial charge in [-0.2, -0.15) is 5.10 Å². The number of hydrazone groups is 1. The number of hydrogen-bond acceptors (Lipinski definition) is 2. The monoisotopic (exact) mass is 507 g/mol. The maximum atomic E-state index is 12.9. The first-order chi connectivity index (χ1) is 17.3. The van der Waals surface area contributed by atoms with Crippen LogP contribution in [0.15, 0.2) is 5.10 Å². The maximum absolute atomic E-state index is 12.9. The second-order valence-electron chi connectivity index (χ2n) is 12.4. The highest BCUT2D eigenvalue weighted by Crippen LogP contribution is 2.33. The number of carbonyl (C=O) groups excluding carboxylic acids is 1. The summed E-state index contributed by atoms with van der Waals surface area (Å²) in [6.07, 6.45) is 28.8. The van der Waals surface area contributed by atoms with E-state index in [1.54, 1.807) is 0 Å². The van der Waals surface area contributed by atoms with Crippen LogP contribution < -0.4 is 5.43 Å². The minimum absolute atomic E-state index is 0.112. The molecule has 0 saturated heterocycles. The van der Waals surface area contributed by atoms with Gasteiger partial charge in [0.15, 0.2) is 0 Å². The Labute approximate surface area is 227 Å². The molecule has 0 rings (SSSR count). The predicted molar refractivity (Wildman–Crippen MR) is 162 cm³/mol. The number of unbranched alkanes of at least 4 members (excludes halogenated alkanes) is 16. The molecule has 0 aromatic carbocycles. The third-order valence-corrected chi connectivity index (χ3v) is 7.79. The molecule has 0 aliphatic rings. The Balaban J connectivity index is 4.63. The SMILES string of the molecule is CCCCCCCCCC(CC(=O)NN=C(CCCCCCCC)CCCCCCCC)C(C)(C)C. The summed E-state index contributed by atoms with van der Waals surface area (Å²) in [6.45, 7) is 13.7. The molecule has 0 aromatic rings. The molecule has 0 aromatic heterocycles. The van der Waals surface area contributed by atoms with Crippen LogP contribution in [0.5, 0.6) is 0 Å². The van der Waals surface area contributed by atoms with Crippen LogP contribution in [-0.4, -0.2) is 11.6 Å². The van der Waals surface area contributed by atoms with Gasteiger partial charge in [0.2, 0.25) is 5.91 Å². The third kappa shape index (κ3) is 22.3. The van der Waals surface area contributed by atoms with Crippen LogP contribution in [0.4, 0.5) is 0 Å². The molecule has 1 unspecified atom stereocenters. The molecule has 0 saturated carbocycles. The van der Waals surface area contributed by atoms with Crippen molar-refractivity contribution in [3.8, 4) is 0 Å². The Morgan fingerprint density at radius 1 is 0.611 bits per heavy atom. The number of carbonyl (C=O) groups is 1. The van der Waals surface area contributed by atoms with Gasteiger partial charge in [0.25, 0.3) is 0 Å². The van der Waals surface area contributed by atoms with E-state index in [-0.39, 0.29) is 11.3 Å². The number of hydrogen-bond donors (Lipinski definition) is 1. The summed E-state index contributed by atoms with van der Waals surface area (Å²) in [5.74, 6) is 0.533. The smallest absolute Gasteiger partial charge is 0.240 e. The molecule has 1 N–H and O–H groups in total. The van der Waals surface area contributed by atoms with Crippen LogP contribution in [-0.2, 0) is 4.79 Å². The molecular weight excluding hydrogens is 440 g/mol. The highest BCUT2D eigenvalue weighted by Gasteiger charge is 2.26. The molecule has 0 aliphatic heterocycles. The summed E-state index contributed by atoms with van der Waals surface area (Å²) in [4.78, 5) is 12.9. The molecule has 0 fully saturated rings. The highest BCUT2D eigenvalue weighted by atomic mass is 16.2. The summed E-state index contributed by atoms with van der Waals surface area (Å²) < 4.78 is 0. The lowest BCUT2D eigenvalue weighted by Gasteiger charge is -2.30. The first-order valence-corrected chi connectivity index (χ1v) is 16.2. The normalized spacial score (nSPS) is 12.5. The van der Waals surface area contributed by atoms with E-state index in [1.165, 1.54) is 128 Å². The molecular formula is C33H66N2O. The first kappa shape index (κ1) is 35.1. The zero-order valence-corrected chi connectivity index (χ0v) is 25.7. The minimum atomic E-state index is 0.112. The van der Waals surface area contributed by atoms with Crippen LogP contribution in [0, 0.1) is 11.3 Å². The Bertz CT molecular complexity index is 502. The van der Waals surface area contributed by atoms with E-state index >= 15 is 0 Å². The highest BCUT2D eigenvalue weighted by molar-refractivity contribution is 5.86. The van der Waals surface area contributed by atoms with Gasteiger partial charge >= 0.3 is 0 Å². The third-order valence-electron chi connectivity index (χ3n) is 7.79. The van der Waals surface area contributed by atoms with E-state index in [0.717, 1.165) is 19.3 Å². The van der Waals surface area contributed by atoms with Crippen molar-refractivity contribution in [2.75, 3.05) is 0 Å². The number of nitrogens with zero attached hydrogens (tertiary/aromatic N) is 1. The number of nitrogens with one attached hydrogen (secondary N) is 1. The van der Waals surface area contributed by atoms with Gasteiger partial charge in [-0.1, -0.05) is 151 Å². The van der Waals surface area contributed by atoms with Crippen molar-refractivity contribution in [1.82, 2.24) is 5.43 Å². The molecule has 36 heavy (non-hydrogen) atoms. The van der Waals surface area contributed by atoms with Gasteiger partial charge in [-0.05, 0) is 43.4 Å². The summed E-state index contributed by atoms with van der Waals surface area (Å²) in [5, 5.41) is 4.68. The van der Waals surface area contributed by atoms with E-state index in [0.29, 0.717) is 12.3 Å². The van der Waals surface area contributed by atoms with Crippen molar-refractivity contribution in [3.63, 3.8) is 0 Å². The minimum Gasteiger partial charge on any atom is -0.273 e. The van der Waals surface area contributed by atoms with Crippen LogP contribution in [0.2, 0.25) is 0 Å². The first-order valence-electron chi connectivity index (χ1n) is 16.2. The average molecular weight is 507 g/mol. The van der Waals surface area contributed by atoms with Crippen molar-refractivity contribution in [1.29, 1.82) is 0 Å². The molecule has 0 aliphatic carbocycles. The molecule has 0 spiro atoms. The standard InChI is InChI=1S/C33H66N2O/c1-7-10-13-16-19-20-23-26-30(33(4,5)6)29-32(36)35-34-31(27-24-21-17-14-11-8-2)28-25-22-18-15-12-9-3/h30H,7-29H2,1-6H3,(H,35,36). The van der Waals surface area contributed by atoms with Crippen molar-refractivity contribution in [2.24, 2.45) is 16.4 Å². The van der Waals surface area contributed by atoms with E-state index in [2.05, 4.69) is 52.1 Å². The Morgan fingerprint density at radius 2 is 1.00 bits per heavy atom. The van der Waals surface area contributed by atoms with Crippen molar-refractivity contribution in [2.45, 2.75) is 189 Å². The Morgan fingerprint density at radius 3 is 1.42 bits per heavy atom.